The average Bonchev–Trinajstić information content (AvgIpc) is 2.20. The second-order valence-electron chi connectivity index (χ2n) is 3.47. The van der Waals surface area contributed by atoms with Crippen molar-refractivity contribution in [1.82, 2.24) is 0 Å². The van der Waals surface area contributed by atoms with E-state index in [2.05, 4.69) is 22.9 Å². The Bertz CT molecular complexity index is 329. The number of nitrogens with two attached hydrogens (primary N) is 2. The quantitative estimate of drug-likeness (QED) is 0.639. The van der Waals surface area contributed by atoms with Crippen LogP contribution in [0.2, 0.25) is 0 Å². The van der Waals surface area contributed by atoms with Crippen LogP contribution in [0.5, 0.6) is 5.75 Å². The Kier molecular flexibility index (Phi) is 4.75. The van der Waals surface area contributed by atoms with E-state index >= 15 is 0 Å². The number of anilines is 2. The Morgan fingerprint density at radius 1 is 1.20 bits per heavy atom. The Balaban J connectivity index is 2.57. The molecule has 0 fully saturated rings. The van der Waals surface area contributed by atoms with Crippen molar-refractivity contribution >= 4 is 27.3 Å². The highest BCUT2D eigenvalue weighted by molar-refractivity contribution is 9.10. The number of hydrogen-bond acceptors (Lipinski definition) is 3. The molecule has 1 aromatic carbocycles. The third kappa shape index (κ3) is 3.63. The van der Waals surface area contributed by atoms with Crippen molar-refractivity contribution in [2.24, 2.45) is 0 Å². The normalized spacial score (nSPS) is 10.3. The number of hydrogen-bond donors (Lipinski definition) is 2. The zero-order valence-corrected chi connectivity index (χ0v) is 10.5. The van der Waals surface area contributed by atoms with E-state index < -0.39 is 0 Å². The maximum Gasteiger partial charge on any atom is 0.135 e. The predicted molar refractivity (Wildman–Crippen MR) is 68.0 cm³/mol. The molecule has 0 spiro atoms. The molecular formula is C11H17BrN2O. The molecule has 0 bridgehead atoms. The van der Waals surface area contributed by atoms with Gasteiger partial charge in [-0.25, -0.2) is 0 Å². The lowest BCUT2D eigenvalue weighted by Gasteiger charge is -2.10. The van der Waals surface area contributed by atoms with Gasteiger partial charge in [0, 0.05) is 6.07 Å². The Morgan fingerprint density at radius 3 is 2.53 bits per heavy atom. The third-order valence-electron chi connectivity index (χ3n) is 2.14. The minimum atomic E-state index is 0.559. The van der Waals surface area contributed by atoms with Gasteiger partial charge in [0.25, 0.3) is 0 Å². The maximum absolute atomic E-state index is 5.69. The van der Waals surface area contributed by atoms with Crippen LogP contribution in [0.1, 0.15) is 26.2 Å². The number of nitrogen functional groups attached to an aromatic ring is 2. The highest BCUT2D eigenvalue weighted by Crippen LogP contribution is 2.31. The van der Waals surface area contributed by atoms with E-state index in [-0.39, 0.29) is 0 Å². The molecule has 0 radical (unpaired) electrons. The maximum atomic E-state index is 5.69. The van der Waals surface area contributed by atoms with E-state index in [1.807, 2.05) is 0 Å². The summed E-state index contributed by atoms with van der Waals surface area (Å²) in [4.78, 5) is 0. The summed E-state index contributed by atoms with van der Waals surface area (Å²) < 4.78 is 6.44. The molecule has 0 saturated heterocycles. The van der Waals surface area contributed by atoms with Crippen LogP contribution in [0.15, 0.2) is 16.6 Å². The smallest absolute Gasteiger partial charge is 0.135 e. The third-order valence-corrected chi connectivity index (χ3v) is 2.76. The minimum Gasteiger partial charge on any atom is -0.492 e. The summed E-state index contributed by atoms with van der Waals surface area (Å²) in [6.07, 6.45) is 3.43. The second kappa shape index (κ2) is 5.85. The summed E-state index contributed by atoms with van der Waals surface area (Å²) in [5, 5.41) is 0. The van der Waals surface area contributed by atoms with Crippen molar-refractivity contribution < 1.29 is 4.74 Å². The van der Waals surface area contributed by atoms with Crippen molar-refractivity contribution in [2.75, 3.05) is 18.1 Å². The minimum absolute atomic E-state index is 0.559. The van der Waals surface area contributed by atoms with Gasteiger partial charge < -0.3 is 16.2 Å². The molecule has 0 amide bonds. The van der Waals surface area contributed by atoms with Gasteiger partial charge in [-0.15, -0.1) is 0 Å². The first kappa shape index (κ1) is 12.2. The molecule has 0 heterocycles. The first-order valence-corrected chi connectivity index (χ1v) is 5.91. The average molecular weight is 273 g/mol. The van der Waals surface area contributed by atoms with Crippen LogP contribution in [0.25, 0.3) is 0 Å². The SMILES string of the molecule is CCCCCOc1cc(N)c(N)cc1Br. The molecule has 4 heteroatoms. The molecule has 0 aliphatic carbocycles. The van der Waals surface area contributed by atoms with Crippen LogP contribution in [-0.4, -0.2) is 6.61 Å². The van der Waals surface area contributed by atoms with Crippen LogP contribution in [0, 0.1) is 0 Å². The van der Waals surface area contributed by atoms with Crippen molar-refractivity contribution in [3.8, 4) is 5.75 Å². The number of rotatable bonds is 5. The number of ether oxygens (including phenoxy) is 1. The molecule has 0 atom stereocenters. The monoisotopic (exact) mass is 272 g/mol. The largest absolute Gasteiger partial charge is 0.492 e. The molecule has 0 saturated carbocycles. The number of unbranched alkanes of at least 4 members (excludes halogenated alkanes) is 2. The lowest BCUT2D eigenvalue weighted by molar-refractivity contribution is 0.304. The highest BCUT2D eigenvalue weighted by Gasteiger charge is 2.04. The van der Waals surface area contributed by atoms with E-state index in [4.69, 9.17) is 16.2 Å². The van der Waals surface area contributed by atoms with Crippen molar-refractivity contribution in [3.05, 3.63) is 16.6 Å². The van der Waals surface area contributed by atoms with Gasteiger partial charge in [0.05, 0.1) is 22.5 Å². The Labute approximate surface area is 98.9 Å². The summed E-state index contributed by atoms with van der Waals surface area (Å²) in [6.45, 7) is 2.88. The molecule has 1 rings (SSSR count). The molecule has 84 valence electrons. The standard InChI is InChI=1S/C11H17BrN2O/c1-2-3-4-5-15-11-7-10(14)9(13)6-8(11)12/h6-7H,2-5,13-14H2,1H3. The molecular weight excluding hydrogens is 256 g/mol. The first-order valence-electron chi connectivity index (χ1n) is 5.12. The van der Waals surface area contributed by atoms with Gasteiger partial charge in [-0.1, -0.05) is 19.8 Å². The fourth-order valence-electron chi connectivity index (χ4n) is 1.23. The van der Waals surface area contributed by atoms with E-state index in [9.17, 15) is 0 Å². The lowest BCUT2D eigenvalue weighted by atomic mass is 10.2. The predicted octanol–water partition coefficient (Wildman–Crippen LogP) is 3.18. The van der Waals surface area contributed by atoms with Crippen LogP contribution in [0.3, 0.4) is 0 Å². The fraction of sp³-hybridized carbons (Fsp3) is 0.455. The summed E-state index contributed by atoms with van der Waals surface area (Å²) in [6, 6.07) is 3.52. The van der Waals surface area contributed by atoms with Gasteiger partial charge in [0.1, 0.15) is 5.75 Å². The summed E-state index contributed by atoms with van der Waals surface area (Å²) in [5.74, 6) is 0.762. The lowest BCUT2D eigenvalue weighted by Crippen LogP contribution is -2.00. The molecule has 0 aliphatic rings. The molecule has 4 N–H and O–H groups in total. The van der Waals surface area contributed by atoms with Gasteiger partial charge >= 0.3 is 0 Å². The topological polar surface area (TPSA) is 61.3 Å². The van der Waals surface area contributed by atoms with Crippen LogP contribution < -0.4 is 16.2 Å². The zero-order chi connectivity index (χ0) is 11.3. The number of benzene rings is 1. The summed E-state index contributed by atoms with van der Waals surface area (Å²) in [5.41, 5.74) is 12.5. The summed E-state index contributed by atoms with van der Waals surface area (Å²) in [7, 11) is 0. The number of halogens is 1. The van der Waals surface area contributed by atoms with Gasteiger partial charge in [-0.3, -0.25) is 0 Å². The van der Waals surface area contributed by atoms with Gasteiger partial charge in [0.15, 0.2) is 0 Å². The molecule has 0 aliphatic heterocycles. The molecule has 15 heavy (non-hydrogen) atoms. The van der Waals surface area contributed by atoms with Crippen LogP contribution in [-0.2, 0) is 0 Å². The van der Waals surface area contributed by atoms with E-state index in [1.165, 1.54) is 12.8 Å². The van der Waals surface area contributed by atoms with Gasteiger partial charge in [0.2, 0.25) is 0 Å². The zero-order valence-electron chi connectivity index (χ0n) is 8.92. The Morgan fingerprint density at radius 2 is 1.87 bits per heavy atom. The van der Waals surface area contributed by atoms with Gasteiger partial charge in [-0.2, -0.15) is 0 Å². The molecule has 0 aromatic heterocycles. The fourth-order valence-corrected chi connectivity index (χ4v) is 1.70. The second-order valence-corrected chi connectivity index (χ2v) is 4.32. The van der Waals surface area contributed by atoms with E-state index in [1.54, 1.807) is 12.1 Å². The molecule has 1 aromatic rings. The van der Waals surface area contributed by atoms with Crippen LogP contribution >= 0.6 is 15.9 Å². The van der Waals surface area contributed by atoms with Crippen molar-refractivity contribution in [2.45, 2.75) is 26.2 Å². The Hall–Kier alpha value is -0.900. The summed E-state index contributed by atoms with van der Waals surface area (Å²) >= 11 is 3.39. The van der Waals surface area contributed by atoms with Crippen molar-refractivity contribution in [1.29, 1.82) is 0 Å². The van der Waals surface area contributed by atoms with Crippen molar-refractivity contribution in [3.63, 3.8) is 0 Å². The van der Waals surface area contributed by atoms with Crippen LogP contribution in [0.4, 0.5) is 11.4 Å². The van der Waals surface area contributed by atoms with E-state index in [0.29, 0.717) is 11.4 Å². The van der Waals surface area contributed by atoms with Gasteiger partial charge in [-0.05, 0) is 28.4 Å². The first-order chi connectivity index (χ1) is 7.15. The molecule has 3 nitrogen and oxygen atoms in total. The highest BCUT2D eigenvalue weighted by atomic mass is 79.9. The molecule has 0 unspecified atom stereocenters. The van der Waals surface area contributed by atoms with E-state index in [0.717, 1.165) is 23.2 Å².